The van der Waals surface area contributed by atoms with Crippen LogP contribution in [0.15, 0.2) is 24.3 Å². The summed E-state index contributed by atoms with van der Waals surface area (Å²) in [5.41, 5.74) is 0.741. The number of rotatable bonds is 5. The number of piperazine rings is 1. The Labute approximate surface area is 126 Å². The van der Waals surface area contributed by atoms with Crippen molar-refractivity contribution < 1.29 is 9.53 Å². The first-order valence-corrected chi connectivity index (χ1v) is 7.57. The molecule has 1 aliphatic rings. The first kappa shape index (κ1) is 15.8. The lowest BCUT2D eigenvalue weighted by Crippen LogP contribution is -2.51. The van der Waals surface area contributed by atoms with Gasteiger partial charge in [-0.15, -0.1) is 0 Å². The maximum absolute atomic E-state index is 12.4. The molecule has 116 valence electrons. The third-order valence-electron chi connectivity index (χ3n) is 3.91. The van der Waals surface area contributed by atoms with Crippen LogP contribution in [0.5, 0.6) is 5.75 Å². The van der Waals surface area contributed by atoms with Gasteiger partial charge in [0.1, 0.15) is 5.75 Å². The quantitative estimate of drug-likeness (QED) is 0.896. The van der Waals surface area contributed by atoms with E-state index in [0.29, 0.717) is 6.61 Å². The summed E-state index contributed by atoms with van der Waals surface area (Å²) in [5, 5.41) is 2.98. The van der Waals surface area contributed by atoms with Crippen molar-refractivity contribution in [1.82, 2.24) is 9.80 Å². The fourth-order valence-corrected chi connectivity index (χ4v) is 2.46. The number of amides is 1. The molecular weight excluding hydrogens is 266 g/mol. The lowest BCUT2D eigenvalue weighted by atomic mass is 10.2. The number of para-hydroxylation sites is 2. The van der Waals surface area contributed by atoms with Gasteiger partial charge in [0.25, 0.3) is 0 Å². The molecule has 1 aromatic rings. The summed E-state index contributed by atoms with van der Waals surface area (Å²) in [6.45, 7) is 8.35. The van der Waals surface area contributed by atoms with E-state index in [1.54, 1.807) is 0 Å². The van der Waals surface area contributed by atoms with Crippen LogP contribution >= 0.6 is 0 Å². The van der Waals surface area contributed by atoms with Gasteiger partial charge >= 0.3 is 0 Å². The van der Waals surface area contributed by atoms with Crippen LogP contribution in [0.2, 0.25) is 0 Å². The second-order valence-electron chi connectivity index (χ2n) is 5.43. The van der Waals surface area contributed by atoms with E-state index in [1.807, 2.05) is 38.1 Å². The summed E-state index contributed by atoms with van der Waals surface area (Å²) in [6.07, 6.45) is 0. The largest absolute Gasteiger partial charge is 0.492 e. The minimum absolute atomic E-state index is 0.0201. The van der Waals surface area contributed by atoms with E-state index in [4.69, 9.17) is 4.74 Å². The van der Waals surface area contributed by atoms with Crippen LogP contribution in [0.1, 0.15) is 13.8 Å². The number of likely N-dealkylation sites (N-methyl/N-ethyl adjacent to an activating group) is 1. The fourth-order valence-electron chi connectivity index (χ4n) is 2.46. The molecule has 1 fully saturated rings. The van der Waals surface area contributed by atoms with Crippen molar-refractivity contribution in [2.24, 2.45) is 0 Å². The van der Waals surface area contributed by atoms with Gasteiger partial charge in [-0.05, 0) is 33.0 Å². The average Bonchev–Trinajstić information content (AvgIpc) is 2.49. The van der Waals surface area contributed by atoms with Gasteiger partial charge < -0.3 is 15.0 Å². The van der Waals surface area contributed by atoms with E-state index in [-0.39, 0.29) is 11.9 Å². The van der Waals surface area contributed by atoms with Gasteiger partial charge in [0, 0.05) is 26.2 Å². The number of anilines is 1. The number of ether oxygens (including phenoxy) is 1. The minimum atomic E-state index is -0.131. The molecule has 0 saturated carbocycles. The molecule has 5 nitrogen and oxygen atoms in total. The van der Waals surface area contributed by atoms with Crippen molar-refractivity contribution in [3.8, 4) is 5.75 Å². The van der Waals surface area contributed by atoms with E-state index in [9.17, 15) is 4.79 Å². The second-order valence-corrected chi connectivity index (χ2v) is 5.43. The molecule has 1 aliphatic heterocycles. The molecule has 1 atom stereocenters. The molecule has 1 aromatic carbocycles. The highest BCUT2D eigenvalue weighted by atomic mass is 16.5. The van der Waals surface area contributed by atoms with Crippen LogP contribution in [0.25, 0.3) is 0 Å². The van der Waals surface area contributed by atoms with Crippen molar-refractivity contribution in [3.05, 3.63) is 24.3 Å². The monoisotopic (exact) mass is 291 g/mol. The molecule has 1 saturated heterocycles. The molecule has 0 radical (unpaired) electrons. The molecule has 21 heavy (non-hydrogen) atoms. The van der Waals surface area contributed by atoms with Gasteiger partial charge in [-0.1, -0.05) is 12.1 Å². The number of hydrogen-bond acceptors (Lipinski definition) is 4. The maximum Gasteiger partial charge on any atom is 0.241 e. The van der Waals surface area contributed by atoms with Gasteiger partial charge in [0.05, 0.1) is 18.3 Å². The molecule has 2 rings (SSSR count). The Kier molecular flexibility index (Phi) is 5.59. The van der Waals surface area contributed by atoms with Gasteiger partial charge in [-0.3, -0.25) is 9.69 Å². The fraction of sp³-hybridized carbons (Fsp3) is 0.562. The van der Waals surface area contributed by atoms with Crippen LogP contribution in [0.4, 0.5) is 5.69 Å². The number of carbonyl (C=O) groups is 1. The third-order valence-corrected chi connectivity index (χ3v) is 3.91. The highest BCUT2D eigenvalue weighted by Gasteiger charge is 2.24. The maximum atomic E-state index is 12.4. The van der Waals surface area contributed by atoms with Gasteiger partial charge in [0.2, 0.25) is 5.91 Å². The zero-order valence-electron chi connectivity index (χ0n) is 13.1. The molecule has 1 N–H and O–H groups in total. The first-order chi connectivity index (χ1) is 10.1. The van der Waals surface area contributed by atoms with E-state index in [2.05, 4.69) is 22.2 Å². The van der Waals surface area contributed by atoms with E-state index in [0.717, 1.165) is 37.6 Å². The zero-order chi connectivity index (χ0) is 15.2. The highest BCUT2D eigenvalue weighted by molar-refractivity contribution is 5.95. The van der Waals surface area contributed by atoms with E-state index >= 15 is 0 Å². The molecule has 0 spiro atoms. The summed E-state index contributed by atoms with van der Waals surface area (Å²) in [6, 6.07) is 7.43. The average molecular weight is 291 g/mol. The number of nitrogens with one attached hydrogen (secondary N) is 1. The summed E-state index contributed by atoms with van der Waals surface area (Å²) in [4.78, 5) is 16.9. The molecule has 5 heteroatoms. The Bertz CT molecular complexity index is 470. The summed E-state index contributed by atoms with van der Waals surface area (Å²) in [5.74, 6) is 0.741. The van der Waals surface area contributed by atoms with Crippen molar-refractivity contribution in [3.63, 3.8) is 0 Å². The summed E-state index contributed by atoms with van der Waals surface area (Å²) < 4.78 is 5.54. The second kappa shape index (κ2) is 7.43. The van der Waals surface area contributed by atoms with E-state index in [1.165, 1.54) is 0 Å². The predicted octanol–water partition coefficient (Wildman–Crippen LogP) is 1.66. The highest BCUT2D eigenvalue weighted by Crippen LogP contribution is 2.24. The summed E-state index contributed by atoms with van der Waals surface area (Å²) in [7, 11) is 2.11. The van der Waals surface area contributed by atoms with Crippen LogP contribution in [-0.4, -0.2) is 61.6 Å². The van der Waals surface area contributed by atoms with Gasteiger partial charge in [-0.25, -0.2) is 0 Å². The lowest BCUT2D eigenvalue weighted by molar-refractivity contribution is -0.121. The zero-order valence-corrected chi connectivity index (χ0v) is 13.1. The molecule has 0 aromatic heterocycles. The summed E-state index contributed by atoms with van der Waals surface area (Å²) >= 11 is 0. The Morgan fingerprint density at radius 2 is 1.95 bits per heavy atom. The number of hydrogen-bond donors (Lipinski definition) is 1. The van der Waals surface area contributed by atoms with Crippen LogP contribution < -0.4 is 10.1 Å². The van der Waals surface area contributed by atoms with Crippen LogP contribution in [0.3, 0.4) is 0 Å². The SMILES string of the molecule is CCOc1ccccc1NC(=O)[C@H](C)N1CCN(C)CC1. The molecular formula is C16H25N3O2. The topological polar surface area (TPSA) is 44.8 Å². The molecule has 1 heterocycles. The Morgan fingerprint density at radius 1 is 1.29 bits per heavy atom. The normalized spacial score (nSPS) is 18.2. The standard InChI is InChI=1S/C16H25N3O2/c1-4-21-15-8-6-5-7-14(15)17-16(20)13(2)19-11-9-18(3)10-12-19/h5-8,13H,4,9-12H2,1-3H3,(H,17,20)/t13-/m0/s1. The number of benzene rings is 1. The molecule has 0 aliphatic carbocycles. The Hall–Kier alpha value is -1.59. The van der Waals surface area contributed by atoms with Crippen molar-refractivity contribution in [2.75, 3.05) is 45.2 Å². The molecule has 0 bridgehead atoms. The van der Waals surface area contributed by atoms with Crippen LogP contribution in [-0.2, 0) is 4.79 Å². The lowest BCUT2D eigenvalue weighted by Gasteiger charge is -2.35. The van der Waals surface area contributed by atoms with Crippen LogP contribution in [0, 0.1) is 0 Å². The van der Waals surface area contributed by atoms with Crippen molar-refractivity contribution >= 4 is 11.6 Å². The number of nitrogens with zero attached hydrogens (tertiary/aromatic N) is 2. The Morgan fingerprint density at radius 3 is 2.62 bits per heavy atom. The van der Waals surface area contributed by atoms with Gasteiger partial charge in [0.15, 0.2) is 0 Å². The predicted molar refractivity (Wildman–Crippen MR) is 84.8 cm³/mol. The van der Waals surface area contributed by atoms with Crippen molar-refractivity contribution in [2.45, 2.75) is 19.9 Å². The van der Waals surface area contributed by atoms with Gasteiger partial charge in [-0.2, -0.15) is 0 Å². The third kappa shape index (κ3) is 4.19. The first-order valence-electron chi connectivity index (χ1n) is 7.57. The van der Waals surface area contributed by atoms with Crippen molar-refractivity contribution in [1.29, 1.82) is 0 Å². The van der Waals surface area contributed by atoms with E-state index < -0.39 is 0 Å². The molecule has 0 unspecified atom stereocenters. The number of carbonyl (C=O) groups excluding carboxylic acids is 1. The molecule has 1 amide bonds. The Balaban J connectivity index is 1.97. The smallest absolute Gasteiger partial charge is 0.241 e. The minimum Gasteiger partial charge on any atom is -0.492 e.